The van der Waals surface area contributed by atoms with Crippen LogP contribution in [0, 0.1) is 0 Å². The van der Waals surface area contributed by atoms with Crippen LogP contribution in [-0.2, 0) is 0 Å². The molecule has 210 valence electrons. The van der Waals surface area contributed by atoms with Crippen LogP contribution < -0.4 is 0 Å². The first kappa shape index (κ1) is 37.3. The second-order valence-corrected chi connectivity index (χ2v) is 16.6. The summed E-state index contributed by atoms with van der Waals surface area (Å²) in [6.45, 7) is 9.39. The minimum atomic E-state index is -1.07. The van der Waals surface area contributed by atoms with Gasteiger partial charge in [-0.2, -0.15) is 0 Å². The van der Waals surface area contributed by atoms with Crippen molar-refractivity contribution >= 4 is 31.2 Å². The summed E-state index contributed by atoms with van der Waals surface area (Å²) in [4.78, 5) is 0. The summed E-state index contributed by atoms with van der Waals surface area (Å²) >= 11 is 0. The van der Waals surface area contributed by atoms with Gasteiger partial charge in [0.15, 0.2) is 0 Å². The van der Waals surface area contributed by atoms with E-state index in [1.165, 1.54) is 128 Å². The van der Waals surface area contributed by atoms with Crippen molar-refractivity contribution in [2.75, 3.05) is 24.6 Å². The van der Waals surface area contributed by atoms with Crippen molar-refractivity contribution in [3.05, 3.63) is 0 Å². The van der Waals surface area contributed by atoms with Crippen LogP contribution in [0.2, 0.25) is 0 Å². The van der Waals surface area contributed by atoms with Gasteiger partial charge < -0.3 is 0 Å². The summed E-state index contributed by atoms with van der Waals surface area (Å²) in [6, 6.07) is 0. The molecule has 0 saturated heterocycles. The molecule has 0 aromatic rings. The Bertz CT molecular complexity index is 287. The Balaban J connectivity index is 0. The zero-order chi connectivity index (χ0) is 24.3. The first-order valence-corrected chi connectivity index (χ1v) is 19.1. The third-order valence-electron chi connectivity index (χ3n) is 8.24. The van der Waals surface area contributed by atoms with E-state index in [0.717, 1.165) is 0 Å². The summed E-state index contributed by atoms with van der Waals surface area (Å²) in [6.07, 6.45) is 42.4. The van der Waals surface area contributed by atoms with Crippen LogP contribution in [0.1, 0.15) is 182 Å². The Kier molecular flexibility index (Phi) is 33.3. The normalized spacial score (nSPS) is 12.1. The Morgan fingerprint density at radius 2 is 0.441 bits per heavy atom. The van der Waals surface area contributed by atoms with Crippen molar-refractivity contribution < 1.29 is 0 Å². The number of unbranched alkanes of at least 4 members (excludes halogenated alkanes) is 20. The van der Waals surface area contributed by atoms with Crippen molar-refractivity contribution in [2.45, 2.75) is 182 Å². The molecular weight excluding hydrogens is 542 g/mol. The average Bonchev–Trinajstić information content (AvgIpc) is 2.83. The fourth-order valence-corrected chi connectivity index (χ4v) is 11.4. The van der Waals surface area contributed by atoms with E-state index in [1.807, 2.05) is 0 Å². The summed E-state index contributed by atoms with van der Waals surface area (Å²) in [5.74, 6) is 0. The van der Waals surface area contributed by atoms with Gasteiger partial charge >= 0.3 is 214 Å². The molecule has 0 aromatic heterocycles. The van der Waals surface area contributed by atoms with Gasteiger partial charge in [-0.1, -0.05) is 0 Å². The molecule has 0 aliphatic rings. The molecule has 0 aromatic carbocycles. The van der Waals surface area contributed by atoms with Gasteiger partial charge in [-0.05, 0) is 0 Å². The van der Waals surface area contributed by atoms with E-state index < -0.39 is 7.26 Å². The van der Waals surface area contributed by atoms with Crippen LogP contribution >= 0.6 is 31.2 Å². The predicted molar refractivity (Wildman–Crippen MR) is 177 cm³/mol. The van der Waals surface area contributed by atoms with E-state index in [1.54, 1.807) is 50.3 Å². The SMILES string of the molecule is CCCCCCCC[PH](CCCCCCCC)(CCCCCCCC)CCCCCCCC.I. The largest absolute Gasteiger partial charge is 0.107 e. The van der Waals surface area contributed by atoms with E-state index in [-0.39, 0.29) is 24.0 Å². The van der Waals surface area contributed by atoms with E-state index in [0.29, 0.717) is 0 Å². The standard InChI is InChI=1S/C32H69P.HI/c1-5-9-13-17-21-25-29-33(30-26-22-18-14-10-6-2,31-27-23-19-15-11-7-3)32-28-24-20-16-12-8-4;/h33H,5-32H2,1-4H3;1H. The first-order valence-electron chi connectivity index (χ1n) is 16.2. The zero-order valence-corrected chi connectivity index (χ0v) is 28.0. The van der Waals surface area contributed by atoms with Gasteiger partial charge in [0, 0.05) is 0 Å². The summed E-state index contributed by atoms with van der Waals surface area (Å²) in [5.41, 5.74) is 0. The molecule has 0 bridgehead atoms. The predicted octanol–water partition coefficient (Wildman–Crippen LogP) is 12.8. The van der Waals surface area contributed by atoms with Crippen LogP contribution in [0.4, 0.5) is 0 Å². The molecule has 0 fully saturated rings. The number of halogens is 1. The smallest absolute Gasteiger partial charge is 0.107 e. The Labute approximate surface area is 236 Å². The molecule has 2 heteroatoms. The Morgan fingerprint density at radius 1 is 0.265 bits per heavy atom. The van der Waals surface area contributed by atoms with Crippen LogP contribution in [-0.4, -0.2) is 24.6 Å². The minimum Gasteiger partial charge on any atom is -0.107 e. The van der Waals surface area contributed by atoms with E-state index in [4.69, 9.17) is 0 Å². The Hall–Kier alpha value is 1.16. The van der Waals surface area contributed by atoms with Gasteiger partial charge in [0.05, 0.1) is 0 Å². The maximum Gasteiger partial charge on any atom is -0.107 e. The fraction of sp³-hybridized carbons (Fsp3) is 1.00. The van der Waals surface area contributed by atoms with E-state index in [9.17, 15) is 0 Å². The first-order chi connectivity index (χ1) is 16.2. The van der Waals surface area contributed by atoms with Gasteiger partial charge in [-0.3, -0.25) is 0 Å². The van der Waals surface area contributed by atoms with E-state index in [2.05, 4.69) is 27.7 Å². The van der Waals surface area contributed by atoms with Crippen LogP contribution in [0.5, 0.6) is 0 Å². The molecule has 0 nitrogen and oxygen atoms in total. The van der Waals surface area contributed by atoms with Crippen LogP contribution in [0.15, 0.2) is 0 Å². The number of hydrogen-bond donors (Lipinski definition) is 0. The monoisotopic (exact) mass is 612 g/mol. The van der Waals surface area contributed by atoms with Crippen molar-refractivity contribution in [1.29, 1.82) is 0 Å². The molecule has 0 unspecified atom stereocenters. The summed E-state index contributed by atoms with van der Waals surface area (Å²) < 4.78 is 0. The molecule has 0 amide bonds. The molecule has 0 aliphatic heterocycles. The van der Waals surface area contributed by atoms with Crippen molar-refractivity contribution in [3.8, 4) is 0 Å². The van der Waals surface area contributed by atoms with Gasteiger partial charge in [-0.15, -0.1) is 24.0 Å². The fourth-order valence-electron chi connectivity index (χ4n) is 5.87. The summed E-state index contributed by atoms with van der Waals surface area (Å²) in [5, 5.41) is 0. The minimum absolute atomic E-state index is 0. The zero-order valence-electron chi connectivity index (χ0n) is 24.7. The quantitative estimate of drug-likeness (QED) is 0.0468. The molecule has 0 rings (SSSR count). The topological polar surface area (TPSA) is 0 Å². The van der Waals surface area contributed by atoms with Crippen molar-refractivity contribution in [2.24, 2.45) is 0 Å². The number of hydrogen-bond acceptors (Lipinski definition) is 0. The molecule has 0 atom stereocenters. The van der Waals surface area contributed by atoms with Gasteiger partial charge in [-0.25, -0.2) is 0 Å². The second kappa shape index (κ2) is 30.4. The van der Waals surface area contributed by atoms with Crippen LogP contribution in [0.3, 0.4) is 0 Å². The summed E-state index contributed by atoms with van der Waals surface area (Å²) in [7, 11) is -1.07. The molecule has 0 saturated carbocycles. The van der Waals surface area contributed by atoms with E-state index >= 15 is 0 Å². The molecule has 0 heterocycles. The van der Waals surface area contributed by atoms with Crippen molar-refractivity contribution in [3.63, 3.8) is 0 Å². The molecule has 0 spiro atoms. The molecule has 0 radical (unpaired) electrons. The maximum absolute atomic E-state index is 2.35. The Morgan fingerprint density at radius 3 is 0.647 bits per heavy atom. The van der Waals surface area contributed by atoms with Gasteiger partial charge in [0.2, 0.25) is 0 Å². The third-order valence-corrected chi connectivity index (χ3v) is 13.9. The van der Waals surface area contributed by atoms with Gasteiger partial charge in [0.1, 0.15) is 0 Å². The molecule has 0 N–H and O–H groups in total. The molecular formula is C32H70IP. The van der Waals surface area contributed by atoms with Crippen LogP contribution in [0.25, 0.3) is 0 Å². The maximum atomic E-state index is 2.35. The third kappa shape index (κ3) is 24.8. The average molecular weight is 613 g/mol. The molecule has 0 aliphatic carbocycles. The van der Waals surface area contributed by atoms with Crippen molar-refractivity contribution in [1.82, 2.24) is 0 Å². The molecule has 34 heavy (non-hydrogen) atoms. The second-order valence-electron chi connectivity index (χ2n) is 11.6. The van der Waals surface area contributed by atoms with Gasteiger partial charge in [0.25, 0.3) is 0 Å². The number of rotatable bonds is 28.